The number of hydrogen-bond donors (Lipinski definition) is 0. The fourth-order valence-corrected chi connectivity index (χ4v) is 5.15. The van der Waals surface area contributed by atoms with Gasteiger partial charge in [-0.3, -0.25) is 4.90 Å². The van der Waals surface area contributed by atoms with Crippen LogP contribution >= 0.6 is 23.2 Å². The molecule has 3 aliphatic rings. The Balaban J connectivity index is 1.30. The first kappa shape index (κ1) is 23.0. The summed E-state index contributed by atoms with van der Waals surface area (Å²) >= 11 is 11.8. The Morgan fingerprint density at radius 3 is 2.65 bits per heavy atom. The molecule has 5 nitrogen and oxygen atoms in total. The lowest BCUT2D eigenvalue weighted by atomic mass is 9.91. The smallest absolute Gasteiger partial charge is 0.225 e. The van der Waals surface area contributed by atoms with Crippen LogP contribution in [0.2, 0.25) is 0 Å². The molecule has 3 heterocycles. The lowest BCUT2D eigenvalue weighted by molar-refractivity contribution is 0.120. The van der Waals surface area contributed by atoms with E-state index in [2.05, 4.69) is 33.9 Å². The average molecular weight is 464 g/mol. The highest BCUT2D eigenvalue weighted by Crippen LogP contribution is 2.26. The second kappa shape index (κ2) is 11.1. The van der Waals surface area contributed by atoms with Gasteiger partial charge in [-0.2, -0.15) is 0 Å². The lowest BCUT2D eigenvalue weighted by Gasteiger charge is -2.43. The minimum absolute atomic E-state index is 0.437. The molecule has 1 aromatic rings. The van der Waals surface area contributed by atoms with Crippen molar-refractivity contribution in [1.82, 2.24) is 19.8 Å². The molecule has 1 saturated heterocycles. The third kappa shape index (κ3) is 6.22. The third-order valence-corrected chi connectivity index (χ3v) is 7.33. The summed E-state index contributed by atoms with van der Waals surface area (Å²) < 4.78 is 0. The van der Waals surface area contributed by atoms with Crippen molar-refractivity contribution in [3.8, 4) is 0 Å². The first-order valence-electron chi connectivity index (χ1n) is 11.8. The minimum atomic E-state index is 0.437. The molecule has 1 atom stereocenters. The van der Waals surface area contributed by atoms with Gasteiger partial charge in [0.2, 0.25) is 5.95 Å². The maximum atomic E-state index is 6.12. The highest BCUT2D eigenvalue weighted by atomic mass is 35.5. The van der Waals surface area contributed by atoms with Crippen LogP contribution in [0, 0.1) is 5.92 Å². The van der Waals surface area contributed by atoms with Crippen LogP contribution in [0.25, 0.3) is 0 Å². The summed E-state index contributed by atoms with van der Waals surface area (Å²) in [4.78, 5) is 17.3. The Bertz CT molecular complexity index is 784. The van der Waals surface area contributed by atoms with E-state index < -0.39 is 0 Å². The predicted octanol–water partition coefficient (Wildman–Crippen LogP) is 4.11. The number of halogens is 2. The van der Waals surface area contributed by atoms with Crippen molar-refractivity contribution in [3.05, 3.63) is 40.7 Å². The largest absolute Gasteiger partial charge is 0.338 e. The minimum Gasteiger partial charge on any atom is -0.338 e. The Morgan fingerprint density at radius 2 is 1.94 bits per heavy atom. The molecule has 0 radical (unpaired) electrons. The van der Waals surface area contributed by atoms with Crippen LogP contribution in [0.15, 0.2) is 29.5 Å². The van der Waals surface area contributed by atoms with Gasteiger partial charge in [0.15, 0.2) is 0 Å². The maximum absolute atomic E-state index is 6.12. The molecular formula is C24H35Cl2N5. The highest BCUT2D eigenvalue weighted by molar-refractivity contribution is 6.31. The van der Waals surface area contributed by atoms with Gasteiger partial charge in [-0.15, -0.1) is 11.6 Å². The van der Waals surface area contributed by atoms with Crippen molar-refractivity contribution in [2.75, 3.05) is 56.6 Å². The van der Waals surface area contributed by atoms with Crippen LogP contribution in [0.1, 0.15) is 37.4 Å². The molecule has 0 aromatic carbocycles. The summed E-state index contributed by atoms with van der Waals surface area (Å²) in [7, 11) is 0. The number of rotatable bonds is 7. The van der Waals surface area contributed by atoms with Gasteiger partial charge in [0, 0.05) is 75.4 Å². The van der Waals surface area contributed by atoms with Crippen LogP contribution in [0.3, 0.4) is 0 Å². The number of allylic oxidation sites excluding steroid dienone is 3. The van der Waals surface area contributed by atoms with E-state index >= 15 is 0 Å². The average Bonchev–Trinajstić information content (AvgIpc) is 2.94. The van der Waals surface area contributed by atoms with Crippen molar-refractivity contribution in [1.29, 1.82) is 0 Å². The van der Waals surface area contributed by atoms with Gasteiger partial charge in [0.05, 0.1) is 5.69 Å². The summed E-state index contributed by atoms with van der Waals surface area (Å²) in [6.45, 7) is 9.75. The zero-order chi connectivity index (χ0) is 21.6. The maximum Gasteiger partial charge on any atom is 0.225 e. The van der Waals surface area contributed by atoms with E-state index in [9.17, 15) is 0 Å². The van der Waals surface area contributed by atoms with Crippen molar-refractivity contribution >= 4 is 29.2 Å². The molecule has 1 saturated carbocycles. The number of nitrogens with zero attached hydrogens (tertiary/aromatic N) is 5. The van der Waals surface area contributed by atoms with E-state index in [-0.39, 0.29) is 0 Å². The molecule has 0 amide bonds. The topological polar surface area (TPSA) is 35.5 Å². The summed E-state index contributed by atoms with van der Waals surface area (Å²) in [5.74, 6) is 1.81. The number of piperazine rings is 1. The van der Waals surface area contributed by atoms with Crippen LogP contribution < -0.4 is 4.90 Å². The molecule has 2 aliphatic heterocycles. The van der Waals surface area contributed by atoms with Gasteiger partial charge in [0.25, 0.3) is 0 Å². The first-order valence-corrected chi connectivity index (χ1v) is 12.7. The monoisotopic (exact) mass is 463 g/mol. The molecule has 1 unspecified atom stereocenters. The lowest BCUT2D eigenvalue weighted by Crippen LogP contribution is -2.52. The van der Waals surface area contributed by atoms with Crippen molar-refractivity contribution in [3.63, 3.8) is 0 Å². The van der Waals surface area contributed by atoms with E-state index in [1.165, 1.54) is 30.5 Å². The van der Waals surface area contributed by atoms with E-state index in [0.717, 1.165) is 70.6 Å². The normalized spacial score (nSPS) is 22.9. The first-order chi connectivity index (χ1) is 15.1. The van der Waals surface area contributed by atoms with Gasteiger partial charge in [-0.1, -0.05) is 37.1 Å². The van der Waals surface area contributed by atoms with Crippen LogP contribution in [0.5, 0.6) is 0 Å². The van der Waals surface area contributed by atoms with E-state index in [1.54, 1.807) is 0 Å². The predicted molar refractivity (Wildman–Crippen MR) is 130 cm³/mol. The van der Waals surface area contributed by atoms with E-state index in [1.807, 2.05) is 12.2 Å². The van der Waals surface area contributed by atoms with Gasteiger partial charge >= 0.3 is 0 Å². The number of aromatic nitrogens is 2. The van der Waals surface area contributed by atoms with Crippen LogP contribution in [0.4, 0.5) is 5.95 Å². The van der Waals surface area contributed by atoms with Gasteiger partial charge in [-0.25, -0.2) is 9.97 Å². The van der Waals surface area contributed by atoms with Gasteiger partial charge in [0.1, 0.15) is 0 Å². The molecule has 1 aromatic heterocycles. The zero-order valence-corrected chi connectivity index (χ0v) is 20.2. The fraction of sp³-hybridized carbons (Fsp3) is 0.667. The Morgan fingerprint density at radius 1 is 1.16 bits per heavy atom. The highest BCUT2D eigenvalue weighted by Gasteiger charge is 2.29. The standard InChI is InChI=1S/C24H35Cl2N5/c1-19(5-6-21(26)7-10-25)18-29-11-8-20-17-27-24(28-23(20)9-12-29)31-15-13-30(14-16-31)22-3-2-4-22/h5-7,17,19,22H,2-4,8-16,18H2,1H3/b6-5-,21-7+. The SMILES string of the molecule is CC(/C=C\C(Cl)=C/CCl)CN1CCc2cnc(N3CCN(C4CCC4)CC3)nc2CC1. The molecule has 0 bridgehead atoms. The van der Waals surface area contributed by atoms with Crippen LogP contribution in [-0.2, 0) is 12.8 Å². The molecular weight excluding hydrogens is 429 g/mol. The Hall–Kier alpha value is -1.14. The van der Waals surface area contributed by atoms with Crippen molar-refractivity contribution < 1.29 is 0 Å². The van der Waals surface area contributed by atoms with E-state index in [4.69, 9.17) is 33.2 Å². The van der Waals surface area contributed by atoms with E-state index in [0.29, 0.717) is 16.8 Å². The Kier molecular flexibility index (Phi) is 8.27. The van der Waals surface area contributed by atoms with Gasteiger partial charge in [-0.05, 0) is 36.8 Å². The second-order valence-corrected chi connectivity index (χ2v) is 9.88. The fourth-order valence-electron chi connectivity index (χ4n) is 4.75. The Labute approximate surface area is 197 Å². The molecule has 7 heteroatoms. The second-order valence-electron chi connectivity index (χ2n) is 9.13. The summed E-state index contributed by atoms with van der Waals surface area (Å²) in [5.41, 5.74) is 2.56. The van der Waals surface area contributed by atoms with Crippen LogP contribution in [-0.4, -0.2) is 77.5 Å². The quantitative estimate of drug-likeness (QED) is 0.449. The molecule has 31 heavy (non-hydrogen) atoms. The van der Waals surface area contributed by atoms with Crippen molar-refractivity contribution in [2.45, 2.75) is 45.1 Å². The number of hydrogen-bond acceptors (Lipinski definition) is 5. The van der Waals surface area contributed by atoms with Gasteiger partial charge < -0.3 is 9.80 Å². The molecule has 2 fully saturated rings. The zero-order valence-electron chi connectivity index (χ0n) is 18.6. The number of anilines is 1. The number of fused-ring (bicyclic) bond motifs is 1. The number of alkyl halides is 1. The third-order valence-electron chi connectivity index (χ3n) is 6.89. The summed E-state index contributed by atoms with van der Waals surface area (Å²) in [6.07, 6.45) is 14.2. The molecule has 0 spiro atoms. The molecule has 0 N–H and O–H groups in total. The van der Waals surface area contributed by atoms with Crippen molar-refractivity contribution in [2.24, 2.45) is 5.92 Å². The molecule has 170 valence electrons. The molecule has 4 rings (SSSR count). The molecule has 1 aliphatic carbocycles. The summed E-state index contributed by atoms with van der Waals surface area (Å²) in [5, 5.41) is 0.710. The summed E-state index contributed by atoms with van der Waals surface area (Å²) in [6, 6.07) is 0.839.